The van der Waals surface area contributed by atoms with Gasteiger partial charge in [-0.1, -0.05) is 30.3 Å². The van der Waals surface area contributed by atoms with Gasteiger partial charge in [0.25, 0.3) is 0 Å². The zero-order valence-corrected chi connectivity index (χ0v) is 15.7. The van der Waals surface area contributed by atoms with Gasteiger partial charge in [-0.15, -0.1) is 0 Å². The highest BCUT2D eigenvalue weighted by molar-refractivity contribution is 5.79. The minimum absolute atomic E-state index is 0.0925. The van der Waals surface area contributed by atoms with Gasteiger partial charge in [0, 0.05) is 9.24 Å². The van der Waals surface area contributed by atoms with E-state index in [0.717, 1.165) is 0 Å². The molecule has 0 fully saturated rings. The summed E-state index contributed by atoms with van der Waals surface area (Å²) in [6.45, 7) is 2.62. The average molecular weight is 383 g/mol. The van der Waals surface area contributed by atoms with Gasteiger partial charge < -0.3 is 25.2 Å². The number of carboxylic acids is 1. The van der Waals surface area contributed by atoms with E-state index in [9.17, 15) is 19.5 Å². The molecule has 0 radical (unpaired) electrons. The minimum atomic E-state index is -2.41. The summed E-state index contributed by atoms with van der Waals surface area (Å²) in [4.78, 5) is 35.1. The molecule has 0 aliphatic carbocycles. The summed E-state index contributed by atoms with van der Waals surface area (Å²) in [5.74, 6) is -1.61. The number of benzene rings is 1. The molecule has 0 aliphatic heterocycles. The summed E-state index contributed by atoms with van der Waals surface area (Å²) < 4.78 is 33.6. The zero-order valence-electron chi connectivity index (χ0n) is 18.7. The fourth-order valence-corrected chi connectivity index (χ4v) is 1.90. The van der Waals surface area contributed by atoms with Gasteiger partial charge in [-0.25, -0.2) is 14.4 Å². The largest absolute Gasteiger partial charge is 0.480 e. The summed E-state index contributed by atoms with van der Waals surface area (Å²) >= 11 is 0. The third kappa shape index (κ3) is 10.7. The van der Waals surface area contributed by atoms with Gasteiger partial charge in [-0.05, 0) is 45.6 Å². The van der Waals surface area contributed by atoms with Gasteiger partial charge in [0.2, 0.25) is 0 Å². The summed E-state index contributed by atoms with van der Waals surface area (Å²) in [5, 5.41) is 13.4. The number of nitrogens with one attached hydrogen (secondary N) is 2. The Kier molecular flexibility index (Phi) is 7.22. The van der Waals surface area contributed by atoms with Gasteiger partial charge in [-0.2, -0.15) is 0 Å². The summed E-state index contributed by atoms with van der Waals surface area (Å²) in [6.07, 6.45) is -2.84. The second-order valence-corrected chi connectivity index (χ2v) is 6.63. The monoisotopic (exact) mass is 383 g/mol. The van der Waals surface area contributed by atoms with E-state index in [1.54, 1.807) is 51.1 Å². The van der Waals surface area contributed by atoms with Crippen LogP contribution in [0, 0.1) is 0 Å². The third-order valence-corrected chi connectivity index (χ3v) is 3.04. The van der Waals surface area contributed by atoms with E-state index in [0.29, 0.717) is 5.56 Å². The van der Waals surface area contributed by atoms with E-state index >= 15 is 0 Å². The lowest BCUT2D eigenvalue weighted by Crippen LogP contribution is -2.41. The molecule has 1 aromatic rings. The molecule has 150 valence electrons. The average Bonchev–Trinajstić information content (AvgIpc) is 2.58. The molecular formula is C19H28N2O6. The predicted molar refractivity (Wildman–Crippen MR) is 99.3 cm³/mol. The topological polar surface area (TPSA) is 114 Å². The van der Waals surface area contributed by atoms with E-state index in [2.05, 4.69) is 5.32 Å². The number of alkyl carbamates (subject to hydrolysis) is 2. The summed E-state index contributed by atoms with van der Waals surface area (Å²) in [6, 6.07) is 6.33. The van der Waals surface area contributed by atoms with Crippen LogP contribution in [0.1, 0.15) is 49.7 Å². The second kappa shape index (κ2) is 11.1. The van der Waals surface area contributed by atoms with E-state index in [1.807, 2.05) is 5.32 Å². The number of hydrogen-bond acceptors (Lipinski definition) is 5. The maximum atomic E-state index is 11.9. The number of aliphatic carboxylic acids is 1. The summed E-state index contributed by atoms with van der Waals surface area (Å²) in [7, 11) is 0. The lowest BCUT2D eigenvalue weighted by Gasteiger charge is -2.19. The van der Waals surface area contributed by atoms with Crippen molar-refractivity contribution in [3.8, 4) is 0 Å². The molecule has 0 bridgehead atoms. The smallest absolute Gasteiger partial charge is 0.408 e. The van der Waals surface area contributed by atoms with Gasteiger partial charge in [-0.3, -0.25) is 0 Å². The first-order chi connectivity index (χ1) is 13.7. The Morgan fingerprint density at radius 3 is 2.44 bits per heavy atom. The standard InChI is InChI=1S/C19H28N2O6/c1-19(2,3)27-17(24)20-12-8-7-11-15(16(22)23)21-18(25)26-13-14-9-5-4-6-10-14/h4-6,9-10,15H,7-8,11-13H2,1-3H3,(H,20,24)(H,21,25)(H,22,23)/t15-/m0/s1/i12D2,15D. The van der Waals surface area contributed by atoms with Crippen molar-refractivity contribution in [3.05, 3.63) is 35.9 Å². The Morgan fingerprint density at radius 2 is 1.85 bits per heavy atom. The van der Waals surface area contributed by atoms with Crippen molar-refractivity contribution >= 4 is 18.2 Å². The number of ether oxygens (including phenoxy) is 2. The highest BCUT2D eigenvalue weighted by atomic mass is 16.6. The van der Waals surface area contributed by atoms with Crippen LogP contribution in [0.15, 0.2) is 30.3 Å². The number of carbonyl (C=O) groups is 3. The Morgan fingerprint density at radius 1 is 1.19 bits per heavy atom. The third-order valence-electron chi connectivity index (χ3n) is 3.04. The van der Waals surface area contributed by atoms with Crippen LogP contribution in [0.25, 0.3) is 0 Å². The van der Waals surface area contributed by atoms with Crippen molar-refractivity contribution in [2.45, 2.75) is 58.3 Å². The molecule has 8 heteroatoms. The van der Waals surface area contributed by atoms with Crippen LogP contribution in [-0.4, -0.2) is 41.4 Å². The van der Waals surface area contributed by atoms with Gasteiger partial charge in [0.1, 0.15) is 18.2 Å². The molecule has 8 nitrogen and oxygen atoms in total. The van der Waals surface area contributed by atoms with Crippen LogP contribution in [0.3, 0.4) is 0 Å². The number of carboxylic acid groups (broad SMARTS) is 1. The van der Waals surface area contributed by atoms with Crippen LogP contribution < -0.4 is 10.6 Å². The van der Waals surface area contributed by atoms with Crippen molar-refractivity contribution in [2.75, 3.05) is 6.50 Å². The fourth-order valence-electron chi connectivity index (χ4n) is 1.90. The van der Waals surface area contributed by atoms with E-state index in [1.165, 1.54) is 0 Å². The molecule has 1 atom stereocenters. The van der Waals surface area contributed by atoms with Crippen molar-refractivity contribution in [3.63, 3.8) is 0 Å². The molecule has 0 unspecified atom stereocenters. The minimum Gasteiger partial charge on any atom is -0.480 e. The molecule has 0 aromatic heterocycles. The molecule has 0 saturated carbocycles. The molecule has 3 N–H and O–H groups in total. The first-order valence-corrected chi connectivity index (χ1v) is 8.46. The summed E-state index contributed by atoms with van der Waals surface area (Å²) in [5.41, 5.74) is -0.107. The van der Waals surface area contributed by atoms with E-state index in [4.69, 9.17) is 13.6 Å². The van der Waals surface area contributed by atoms with Crippen LogP contribution >= 0.6 is 0 Å². The van der Waals surface area contributed by atoms with Gasteiger partial charge in [0.15, 0.2) is 0 Å². The van der Waals surface area contributed by atoms with Gasteiger partial charge >= 0.3 is 18.2 Å². The normalized spacial score (nSPS) is 15.3. The molecule has 0 saturated heterocycles. The molecule has 0 heterocycles. The number of amides is 2. The number of rotatable bonds is 9. The molecule has 1 rings (SSSR count). The van der Waals surface area contributed by atoms with E-state index in [-0.39, 0.29) is 19.4 Å². The molecule has 0 aliphatic rings. The molecule has 27 heavy (non-hydrogen) atoms. The Bertz CT molecular complexity index is 740. The molecule has 1 aromatic carbocycles. The number of hydrogen-bond donors (Lipinski definition) is 3. The quantitative estimate of drug-likeness (QED) is 0.604. The van der Waals surface area contributed by atoms with Crippen molar-refractivity contribution in [1.29, 1.82) is 0 Å². The SMILES string of the molecule is [2H]C([2H])(CCC[C@]([2H])(NC(=O)OCc1ccccc1)C(=O)O)NC(=O)OC(C)(C)C. The molecule has 2 amide bonds. The molecule has 0 spiro atoms. The van der Waals surface area contributed by atoms with Crippen molar-refractivity contribution < 1.29 is 33.1 Å². The first kappa shape index (κ1) is 17.6. The van der Waals surface area contributed by atoms with Crippen LogP contribution in [0.2, 0.25) is 0 Å². The maximum Gasteiger partial charge on any atom is 0.408 e. The Balaban J connectivity index is 2.56. The van der Waals surface area contributed by atoms with Crippen LogP contribution in [0.5, 0.6) is 0 Å². The second-order valence-electron chi connectivity index (χ2n) is 6.63. The van der Waals surface area contributed by atoms with Crippen LogP contribution in [-0.2, 0) is 20.9 Å². The van der Waals surface area contributed by atoms with Crippen LogP contribution in [0.4, 0.5) is 9.59 Å². The van der Waals surface area contributed by atoms with Crippen molar-refractivity contribution in [2.24, 2.45) is 0 Å². The predicted octanol–water partition coefficient (Wildman–Crippen LogP) is 3.06. The highest BCUT2D eigenvalue weighted by Gasteiger charge is 2.20. The first-order valence-electron chi connectivity index (χ1n) is 9.96. The van der Waals surface area contributed by atoms with Crippen molar-refractivity contribution in [1.82, 2.24) is 10.6 Å². The molecular weight excluding hydrogens is 352 g/mol. The number of carbonyl (C=O) groups excluding carboxylic acids is 2. The Hall–Kier alpha value is -2.77. The zero-order chi connectivity index (χ0) is 23.0. The maximum absolute atomic E-state index is 11.9. The van der Waals surface area contributed by atoms with Gasteiger partial charge in [0.05, 0.1) is 1.37 Å². The van der Waals surface area contributed by atoms with E-state index < -0.39 is 42.7 Å². The Labute approximate surface area is 163 Å². The highest BCUT2D eigenvalue weighted by Crippen LogP contribution is 2.07. The lowest BCUT2D eigenvalue weighted by molar-refractivity contribution is -0.139. The lowest BCUT2D eigenvalue weighted by atomic mass is 10.1. The fraction of sp³-hybridized carbons (Fsp3) is 0.526.